The second-order valence-corrected chi connectivity index (χ2v) is 3.83. The molecule has 0 spiro atoms. The molecule has 1 aromatic rings. The van der Waals surface area contributed by atoms with E-state index in [2.05, 4.69) is 31.4 Å². The summed E-state index contributed by atoms with van der Waals surface area (Å²) in [5.41, 5.74) is 0.789. The number of hydrogen-bond donors (Lipinski definition) is 1. The van der Waals surface area contributed by atoms with Crippen molar-refractivity contribution in [1.29, 1.82) is 0 Å². The fourth-order valence-corrected chi connectivity index (χ4v) is 1.65. The highest BCUT2D eigenvalue weighted by molar-refractivity contribution is 9.08. The maximum Gasteiger partial charge on any atom is 0.329 e. The summed E-state index contributed by atoms with van der Waals surface area (Å²) in [7, 11) is 0. The van der Waals surface area contributed by atoms with E-state index in [9.17, 15) is 9.59 Å². The Labute approximate surface area is 100 Å². The van der Waals surface area contributed by atoms with E-state index in [0.29, 0.717) is 17.7 Å². The van der Waals surface area contributed by atoms with Gasteiger partial charge in [0.1, 0.15) is 0 Å². The highest BCUT2D eigenvalue weighted by Crippen LogP contribution is 2.13. The van der Waals surface area contributed by atoms with E-state index in [-0.39, 0.29) is 12.3 Å². The molecule has 1 aliphatic heterocycles. The van der Waals surface area contributed by atoms with Crippen molar-refractivity contribution in [3.05, 3.63) is 17.8 Å². The molecular weight excluding hydrogens is 276 g/mol. The van der Waals surface area contributed by atoms with Gasteiger partial charge in [0.2, 0.25) is 5.91 Å². The number of aromatic nitrogens is 2. The summed E-state index contributed by atoms with van der Waals surface area (Å²) in [5.74, 6) is 0.195. The predicted octanol–water partition coefficient (Wildman–Crippen LogP) is 0.818. The largest absolute Gasteiger partial charge is 0.329 e. The lowest BCUT2D eigenvalue weighted by atomic mass is 10.3. The second-order valence-electron chi connectivity index (χ2n) is 3.27. The Morgan fingerprint density at radius 2 is 2.19 bits per heavy atom. The summed E-state index contributed by atoms with van der Waals surface area (Å²) < 4.78 is 0. The molecule has 1 aliphatic rings. The van der Waals surface area contributed by atoms with Gasteiger partial charge in [-0.3, -0.25) is 15.0 Å². The van der Waals surface area contributed by atoms with Crippen molar-refractivity contribution >= 4 is 33.7 Å². The Bertz CT molecular complexity index is 420. The highest BCUT2D eigenvalue weighted by Gasteiger charge is 2.25. The van der Waals surface area contributed by atoms with Crippen LogP contribution in [0.4, 0.5) is 10.6 Å². The molecule has 0 bridgehead atoms. The summed E-state index contributed by atoms with van der Waals surface area (Å²) in [6.45, 7) is 0.340. The molecule has 0 aliphatic carbocycles. The molecule has 0 radical (unpaired) electrons. The van der Waals surface area contributed by atoms with Gasteiger partial charge in [-0.1, -0.05) is 15.9 Å². The van der Waals surface area contributed by atoms with Crippen LogP contribution in [0.25, 0.3) is 0 Å². The number of urea groups is 1. The molecule has 3 amide bonds. The molecule has 0 aromatic carbocycles. The number of halogens is 1. The molecule has 0 unspecified atom stereocenters. The van der Waals surface area contributed by atoms with E-state index >= 15 is 0 Å². The van der Waals surface area contributed by atoms with Crippen molar-refractivity contribution in [1.82, 2.24) is 15.5 Å². The smallest absolute Gasteiger partial charge is 0.278 e. The number of carbonyl (C=O) groups is 2. The Morgan fingerprint density at radius 3 is 2.75 bits per heavy atom. The number of rotatable bonds is 2. The first-order valence-corrected chi connectivity index (χ1v) is 5.83. The number of anilines is 1. The zero-order chi connectivity index (χ0) is 11.5. The van der Waals surface area contributed by atoms with Crippen LogP contribution < -0.4 is 10.2 Å². The first-order chi connectivity index (χ1) is 7.70. The van der Waals surface area contributed by atoms with Crippen LogP contribution in [0.2, 0.25) is 0 Å². The number of carbonyl (C=O) groups excluding carboxylic acids is 2. The Balaban J connectivity index is 2.17. The van der Waals surface area contributed by atoms with Gasteiger partial charge < -0.3 is 0 Å². The molecule has 2 rings (SSSR count). The third kappa shape index (κ3) is 2.19. The fraction of sp³-hybridized carbons (Fsp3) is 0.333. The van der Waals surface area contributed by atoms with Gasteiger partial charge in [-0.15, -0.1) is 5.10 Å². The third-order valence-electron chi connectivity index (χ3n) is 2.17. The zero-order valence-electron chi connectivity index (χ0n) is 8.31. The van der Waals surface area contributed by atoms with E-state index < -0.39 is 6.03 Å². The maximum atomic E-state index is 11.5. The Morgan fingerprint density at radius 1 is 1.38 bits per heavy atom. The first-order valence-electron chi connectivity index (χ1n) is 4.70. The average molecular weight is 285 g/mol. The van der Waals surface area contributed by atoms with Gasteiger partial charge in [0.05, 0.1) is 5.69 Å². The first kappa shape index (κ1) is 11.0. The van der Waals surface area contributed by atoms with Crippen LogP contribution in [0.3, 0.4) is 0 Å². The molecule has 6 nitrogen and oxygen atoms in total. The van der Waals surface area contributed by atoms with Crippen LogP contribution >= 0.6 is 15.9 Å². The number of hydrogen-bond acceptors (Lipinski definition) is 4. The molecule has 2 heterocycles. The van der Waals surface area contributed by atoms with Crippen molar-refractivity contribution in [3.8, 4) is 0 Å². The number of nitrogens with zero attached hydrogens (tertiary/aromatic N) is 3. The van der Waals surface area contributed by atoms with E-state index in [1.807, 2.05) is 0 Å². The van der Waals surface area contributed by atoms with Crippen LogP contribution in [0.1, 0.15) is 12.1 Å². The lowest BCUT2D eigenvalue weighted by Gasteiger charge is -2.24. The van der Waals surface area contributed by atoms with Gasteiger partial charge in [-0.25, -0.2) is 4.79 Å². The summed E-state index contributed by atoms with van der Waals surface area (Å²) in [4.78, 5) is 23.8. The van der Waals surface area contributed by atoms with Gasteiger partial charge in [0, 0.05) is 18.3 Å². The van der Waals surface area contributed by atoms with E-state index in [1.165, 1.54) is 4.90 Å². The summed E-state index contributed by atoms with van der Waals surface area (Å²) in [6.07, 6.45) is 0.285. The Kier molecular flexibility index (Phi) is 3.14. The Hall–Kier alpha value is -1.50. The van der Waals surface area contributed by atoms with Crippen LogP contribution in [-0.4, -0.2) is 28.7 Å². The number of imide groups is 1. The molecule has 7 heteroatoms. The number of amides is 3. The van der Waals surface area contributed by atoms with Gasteiger partial charge in [0.25, 0.3) is 0 Å². The van der Waals surface area contributed by atoms with Gasteiger partial charge in [-0.05, 0) is 12.1 Å². The molecule has 84 valence electrons. The van der Waals surface area contributed by atoms with Crippen molar-refractivity contribution in [2.75, 3.05) is 11.4 Å². The lowest BCUT2D eigenvalue weighted by molar-refractivity contribution is -0.120. The third-order valence-corrected chi connectivity index (χ3v) is 2.75. The minimum absolute atomic E-state index is 0.258. The van der Waals surface area contributed by atoms with Crippen molar-refractivity contribution in [3.63, 3.8) is 0 Å². The minimum atomic E-state index is -0.447. The molecule has 1 fully saturated rings. The summed E-state index contributed by atoms with van der Waals surface area (Å²) >= 11 is 3.26. The normalized spacial score (nSPS) is 16.2. The molecule has 1 saturated heterocycles. The fourth-order valence-electron chi connectivity index (χ4n) is 1.35. The van der Waals surface area contributed by atoms with Crippen molar-refractivity contribution < 1.29 is 9.59 Å². The average Bonchev–Trinajstić information content (AvgIpc) is 2.29. The van der Waals surface area contributed by atoms with E-state index in [0.717, 1.165) is 5.69 Å². The molecule has 0 saturated carbocycles. The predicted molar refractivity (Wildman–Crippen MR) is 60.2 cm³/mol. The quantitative estimate of drug-likeness (QED) is 0.816. The van der Waals surface area contributed by atoms with Crippen molar-refractivity contribution in [2.45, 2.75) is 11.8 Å². The monoisotopic (exact) mass is 284 g/mol. The SMILES string of the molecule is O=C1CCN(c2ccc(CBr)nn2)C(=O)N1. The molecule has 16 heavy (non-hydrogen) atoms. The number of alkyl halides is 1. The highest BCUT2D eigenvalue weighted by atomic mass is 79.9. The topological polar surface area (TPSA) is 75.2 Å². The van der Waals surface area contributed by atoms with E-state index in [1.54, 1.807) is 12.1 Å². The van der Waals surface area contributed by atoms with Gasteiger partial charge in [-0.2, -0.15) is 5.10 Å². The molecular formula is C9H9BrN4O2. The second kappa shape index (κ2) is 4.56. The van der Waals surface area contributed by atoms with Crippen LogP contribution in [-0.2, 0) is 10.1 Å². The lowest BCUT2D eigenvalue weighted by Crippen LogP contribution is -2.50. The van der Waals surface area contributed by atoms with Gasteiger partial charge >= 0.3 is 6.03 Å². The molecule has 1 aromatic heterocycles. The summed E-state index contributed by atoms with van der Waals surface area (Å²) in [5, 5.41) is 10.7. The van der Waals surface area contributed by atoms with Crippen molar-refractivity contribution in [2.24, 2.45) is 0 Å². The standard InChI is InChI=1S/C9H9BrN4O2/c10-5-6-1-2-7(13-12-6)14-4-3-8(15)11-9(14)16/h1-2H,3-5H2,(H,11,15,16). The van der Waals surface area contributed by atoms with Crippen LogP contribution in [0.5, 0.6) is 0 Å². The van der Waals surface area contributed by atoms with Crippen LogP contribution in [0, 0.1) is 0 Å². The van der Waals surface area contributed by atoms with E-state index in [4.69, 9.17) is 0 Å². The summed E-state index contributed by atoms with van der Waals surface area (Å²) in [6, 6.07) is 3.04. The molecule has 1 N–H and O–H groups in total. The zero-order valence-corrected chi connectivity index (χ0v) is 9.90. The van der Waals surface area contributed by atoms with Gasteiger partial charge in [0.15, 0.2) is 5.82 Å². The maximum absolute atomic E-state index is 11.5. The number of nitrogens with one attached hydrogen (secondary N) is 1. The minimum Gasteiger partial charge on any atom is -0.278 e. The molecule has 0 atom stereocenters. The van der Waals surface area contributed by atoms with Crippen LogP contribution in [0.15, 0.2) is 12.1 Å².